The Morgan fingerprint density at radius 1 is 1.21 bits per heavy atom. The number of halogens is 2. The lowest BCUT2D eigenvalue weighted by molar-refractivity contribution is 0.0305. The zero-order chi connectivity index (χ0) is 23.4. The van der Waals surface area contributed by atoms with Gasteiger partial charge in [-0.2, -0.15) is 0 Å². The summed E-state index contributed by atoms with van der Waals surface area (Å²) < 4.78 is 6.00. The van der Waals surface area contributed by atoms with E-state index in [-0.39, 0.29) is 38.1 Å². The minimum atomic E-state index is -1.04. The molecular weight excluding hydrogens is 471 g/mol. The number of nitrogens with zero attached hydrogens (tertiary/aromatic N) is 4. The lowest BCUT2D eigenvalue weighted by atomic mass is 9.94. The first-order chi connectivity index (χ1) is 15.9. The van der Waals surface area contributed by atoms with E-state index in [2.05, 4.69) is 25.9 Å². The van der Waals surface area contributed by atoms with Crippen molar-refractivity contribution in [3.8, 4) is 11.4 Å². The SMILES string of the molecule is O=C(NC[C@@H]1CN(C(=O)O)CCO[C@H]1c1ccc(Cl)c(Cl)c1)c1cccc(-c2nnn[nH]2)c1. The topological polar surface area (TPSA) is 133 Å². The van der Waals surface area contributed by atoms with Gasteiger partial charge in [-0.05, 0) is 40.3 Å². The Hall–Kier alpha value is -3.21. The second-order valence-electron chi connectivity index (χ2n) is 7.49. The fraction of sp³-hybridized carbons (Fsp3) is 0.286. The van der Waals surface area contributed by atoms with Gasteiger partial charge in [0.1, 0.15) is 0 Å². The molecule has 10 nitrogen and oxygen atoms in total. The maximum atomic E-state index is 12.9. The van der Waals surface area contributed by atoms with Crippen molar-refractivity contribution >= 4 is 35.2 Å². The van der Waals surface area contributed by atoms with Crippen LogP contribution in [-0.4, -0.2) is 68.9 Å². The molecule has 1 aromatic heterocycles. The zero-order valence-electron chi connectivity index (χ0n) is 17.2. The summed E-state index contributed by atoms with van der Waals surface area (Å²) in [6, 6.07) is 12.0. The first-order valence-corrected chi connectivity index (χ1v) is 10.8. The van der Waals surface area contributed by atoms with Gasteiger partial charge in [0.15, 0.2) is 5.82 Å². The summed E-state index contributed by atoms with van der Waals surface area (Å²) in [5.41, 5.74) is 1.84. The molecule has 172 valence electrons. The summed E-state index contributed by atoms with van der Waals surface area (Å²) in [5, 5.41) is 26.8. The molecule has 4 rings (SSSR count). The number of hydrogen-bond donors (Lipinski definition) is 3. The first kappa shape index (κ1) is 23.0. The molecule has 3 aromatic rings. The molecule has 12 heteroatoms. The third-order valence-electron chi connectivity index (χ3n) is 5.35. The van der Waals surface area contributed by atoms with Gasteiger partial charge in [-0.25, -0.2) is 9.89 Å². The Balaban J connectivity index is 1.53. The van der Waals surface area contributed by atoms with E-state index in [4.69, 9.17) is 27.9 Å². The van der Waals surface area contributed by atoms with Crippen LogP contribution in [-0.2, 0) is 4.74 Å². The molecule has 2 atom stereocenters. The number of amides is 2. The van der Waals surface area contributed by atoms with Crippen molar-refractivity contribution in [2.24, 2.45) is 5.92 Å². The van der Waals surface area contributed by atoms with Crippen LogP contribution in [0.3, 0.4) is 0 Å². The van der Waals surface area contributed by atoms with Crippen LogP contribution < -0.4 is 5.32 Å². The van der Waals surface area contributed by atoms with Crippen molar-refractivity contribution < 1.29 is 19.4 Å². The summed E-state index contributed by atoms with van der Waals surface area (Å²) in [7, 11) is 0. The third-order valence-corrected chi connectivity index (χ3v) is 6.09. The van der Waals surface area contributed by atoms with E-state index in [9.17, 15) is 14.7 Å². The number of nitrogens with one attached hydrogen (secondary N) is 2. The molecule has 1 fully saturated rings. The van der Waals surface area contributed by atoms with Gasteiger partial charge >= 0.3 is 6.09 Å². The van der Waals surface area contributed by atoms with Crippen LogP contribution in [0.1, 0.15) is 22.0 Å². The number of hydrogen-bond acceptors (Lipinski definition) is 6. The number of H-pyrrole nitrogens is 1. The molecule has 1 saturated heterocycles. The van der Waals surface area contributed by atoms with E-state index >= 15 is 0 Å². The molecule has 0 aliphatic carbocycles. The number of carbonyl (C=O) groups is 2. The summed E-state index contributed by atoms with van der Waals surface area (Å²) in [4.78, 5) is 25.8. The van der Waals surface area contributed by atoms with E-state index in [0.29, 0.717) is 27.0 Å². The molecule has 1 aliphatic rings. The lowest BCUT2D eigenvalue weighted by Gasteiger charge is -2.27. The smallest absolute Gasteiger partial charge is 0.407 e. The average Bonchev–Trinajstić information content (AvgIpc) is 3.26. The number of benzene rings is 2. The fourth-order valence-corrected chi connectivity index (χ4v) is 4.02. The molecule has 2 aromatic carbocycles. The fourth-order valence-electron chi connectivity index (χ4n) is 3.71. The lowest BCUT2D eigenvalue weighted by Crippen LogP contribution is -2.40. The monoisotopic (exact) mass is 490 g/mol. The molecule has 0 spiro atoms. The highest BCUT2D eigenvalue weighted by molar-refractivity contribution is 6.42. The number of tetrazole rings is 1. The molecule has 3 N–H and O–H groups in total. The summed E-state index contributed by atoms with van der Waals surface area (Å²) in [6.45, 7) is 0.811. The van der Waals surface area contributed by atoms with Crippen LogP contribution in [0.5, 0.6) is 0 Å². The zero-order valence-corrected chi connectivity index (χ0v) is 18.8. The van der Waals surface area contributed by atoms with Crippen molar-refractivity contribution in [2.45, 2.75) is 6.10 Å². The second kappa shape index (κ2) is 10.2. The van der Waals surface area contributed by atoms with Gasteiger partial charge in [0.2, 0.25) is 0 Å². The minimum absolute atomic E-state index is 0.182. The highest BCUT2D eigenvalue weighted by Gasteiger charge is 2.32. The van der Waals surface area contributed by atoms with Crippen LogP contribution in [0.25, 0.3) is 11.4 Å². The Labute approximate surface area is 198 Å². The molecule has 0 unspecified atom stereocenters. The molecule has 0 radical (unpaired) electrons. The number of carbonyl (C=O) groups excluding carboxylic acids is 1. The van der Waals surface area contributed by atoms with Gasteiger partial charge < -0.3 is 20.1 Å². The average molecular weight is 491 g/mol. The first-order valence-electron chi connectivity index (χ1n) is 10.1. The van der Waals surface area contributed by atoms with Crippen LogP contribution in [0.4, 0.5) is 4.79 Å². The molecule has 33 heavy (non-hydrogen) atoms. The van der Waals surface area contributed by atoms with E-state index in [1.807, 2.05) is 0 Å². The quantitative estimate of drug-likeness (QED) is 0.499. The number of ether oxygens (including phenoxy) is 1. The van der Waals surface area contributed by atoms with Crippen LogP contribution >= 0.6 is 23.2 Å². The van der Waals surface area contributed by atoms with Gasteiger partial charge in [-0.1, -0.05) is 41.4 Å². The predicted molar refractivity (Wildman–Crippen MR) is 120 cm³/mol. The Bertz CT molecular complexity index is 1140. The molecule has 0 saturated carbocycles. The highest BCUT2D eigenvalue weighted by atomic mass is 35.5. The third kappa shape index (κ3) is 5.41. The minimum Gasteiger partial charge on any atom is -0.465 e. The molecular formula is C21H20Cl2N6O4. The summed E-state index contributed by atoms with van der Waals surface area (Å²) >= 11 is 12.2. The summed E-state index contributed by atoms with van der Waals surface area (Å²) in [6.07, 6.45) is -1.52. The van der Waals surface area contributed by atoms with Gasteiger partial charge in [0.05, 0.1) is 22.8 Å². The molecule has 2 amide bonds. The number of carboxylic acid groups (broad SMARTS) is 1. The Kier molecular flexibility index (Phi) is 7.07. The van der Waals surface area contributed by atoms with E-state index in [0.717, 1.165) is 5.56 Å². The summed E-state index contributed by atoms with van der Waals surface area (Å²) in [5.74, 6) is -0.228. The number of rotatable bonds is 5. The predicted octanol–water partition coefficient (Wildman–Crippen LogP) is 3.27. The van der Waals surface area contributed by atoms with Gasteiger partial charge in [-0.3, -0.25) is 4.79 Å². The van der Waals surface area contributed by atoms with Crippen molar-refractivity contribution in [1.82, 2.24) is 30.8 Å². The van der Waals surface area contributed by atoms with Crippen molar-refractivity contribution in [2.75, 3.05) is 26.2 Å². The molecule has 2 heterocycles. The van der Waals surface area contributed by atoms with Crippen LogP contribution in [0, 0.1) is 5.92 Å². The number of aromatic amines is 1. The van der Waals surface area contributed by atoms with Gasteiger partial charge in [0.25, 0.3) is 5.91 Å². The van der Waals surface area contributed by atoms with E-state index < -0.39 is 12.2 Å². The van der Waals surface area contributed by atoms with E-state index in [1.54, 1.807) is 42.5 Å². The largest absolute Gasteiger partial charge is 0.465 e. The Morgan fingerprint density at radius 3 is 2.79 bits per heavy atom. The second-order valence-corrected chi connectivity index (χ2v) is 8.31. The Morgan fingerprint density at radius 2 is 2.06 bits per heavy atom. The highest BCUT2D eigenvalue weighted by Crippen LogP contribution is 2.33. The normalized spacial score (nSPS) is 18.5. The van der Waals surface area contributed by atoms with Crippen molar-refractivity contribution in [3.05, 3.63) is 63.6 Å². The van der Waals surface area contributed by atoms with Crippen molar-refractivity contribution in [1.29, 1.82) is 0 Å². The van der Waals surface area contributed by atoms with Crippen LogP contribution in [0.15, 0.2) is 42.5 Å². The number of aromatic nitrogens is 4. The van der Waals surface area contributed by atoms with Crippen molar-refractivity contribution in [3.63, 3.8) is 0 Å². The standard InChI is InChI=1S/C21H20Cl2N6O4/c22-16-5-4-12(9-17(16)23)18-15(11-29(21(31)32)6-7-33-18)10-24-20(30)14-3-1-2-13(8-14)19-25-27-28-26-19/h1-5,8-9,15,18H,6-7,10-11H2,(H,24,30)(H,31,32)(H,25,26,27,28)/t15-,18+/m1/s1. The molecule has 0 bridgehead atoms. The van der Waals surface area contributed by atoms with Gasteiger partial charge in [-0.15, -0.1) is 5.10 Å². The maximum Gasteiger partial charge on any atom is 0.407 e. The van der Waals surface area contributed by atoms with Crippen LogP contribution in [0.2, 0.25) is 10.0 Å². The van der Waals surface area contributed by atoms with Gasteiger partial charge in [0, 0.05) is 36.7 Å². The van der Waals surface area contributed by atoms with E-state index in [1.165, 1.54) is 4.90 Å². The maximum absolute atomic E-state index is 12.9. The molecule has 1 aliphatic heterocycles.